The van der Waals surface area contributed by atoms with Gasteiger partial charge >= 0.3 is 0 Å². The lowest BCUT2D eigenvalue weighted by atomic mass is 10.2. The molecule has 1 saturated carbocycles. The maximum absolute atomic E-state index is 10.7. The van der Waals surface area contributed by atoms with E-state index in [4.69, 9.17) is 23.2 Å². The van der Waals surface area contributed by atoms with Gasteiger partial charge in [0.2, 0.25) is 0 Å². The molecule has 1 aromatic carbocycles. The Hall–Kier alpha value is -1.04. The molecule has 110 valence electrons. The first kappa shape index (κ1) is 15.4. The molecule has 1 aliphatic rings. The van der Waals surface area contributed by atoms with Crippen LogP contribution in [0, 0.1) is 10.1 Å². The number of nitrogens with one attached hydrogen (secondary N) is 1. The lowest BCUT2D eigenvalue weighted by molar-refractivity contribution is -0.384. The molecule has 20 heavy (non-hydrogen) atoms. The van der Waals surface area contributed by atoms with Crippen LogP contribution in [-0.4, -0.2) is 35.5 Å². The van der Waals surface area contributed by atoms with E-state index in [1.165, 1.54) is 25.0 Å². The summed E-state index contributed by atoms with van der Waals surface area (Å²) in [7, 11) is 0. The van der Waals surface area contributed by atoms with E-state index in [0.717, 1.165) is 13.1 Å². The second-order valence-electron chi connectivity index (χ2n) is 4.83. The van der Waals surface area contributed by atoms with Gasteiger partial charge < -0.3 is 5.32 Å². The van der Waals surface area contributed by atoms with E-state index in [-0.39, 0.29) is 15.7 Å². The fourth-order valence-electron chi connectivity index (χ4n) is 2.20. The highest BCUT2D eigenvalue weighted by Crippen LogP contribution is 2.34. The van der Waals surface area contributed by atoms with E-state index in [2.05, 4.69) is 17.1 Å². The fraction of sp³-hybridized carbons (Fsp3) is 0.538. The van der Waals surface area contributed by atoms with Gasteiger partial charge in [-0.3, -0.25) is 15.0 Å². The first-order valence-electron chi connectivity index (χ1n) is 6.64. The van der Waals surface area contributed by atoms with Gasteiger partial charge in [-0.2, -0.15) is 0 Å². The number of nitrogens with zero attached hydrogens (tertiary/aromatic N) is 2. The first-order chi connectivity index (χ1) is 9.52. The van der Waals surface area contributed by atoms with Gasteiger partial charge in [0.1, 0.15) is 0 Å². The quantitative estimate of drug-likeness (QED) is 0.614. The highest BCUT2D eigenvalue weighted by molar-refractivity contribution is 6.39. The molecule has 1 N–H and O–H groups in total. The van der Waals surface area contributed by atoms with Crippen LogP contribution in [0.3, 0.4) is 0 Å². The van der Waals surface area contributed by atoms with Crippen molar-refractivity contribution < 1.29 is 4.92 Å². The van der Waals surface area contributed by atoms with E-state index in [9.17, 15) is 10.1 Å². The van der Waals surface area contributed by atoms with Crippen molar-refractivity contribution in [3.8, 4) is 0 Å². The van der Waals surface area contributed by atoms with Gasteiger partial charge in [-0.25, -0.2) is 0 Å². The second-order valence-corrected chi connectivity index (χ2v) is 5.64. The van der Waals surface area contributed by atoms with Crippen LogP contribution in [0.1, 0.15) is 19.8 Å². The van der Waals surface area contributed by atoms with Crippen molar-refractivity contribution in [1.82, 2.24) is 4.90 Å². The Labute approximate surface area is 128 Å². The molecule has 0 aliphatic heterocycles. The summed E-state index contributed by atoms with van der Waals surface area (Å²) in [6.07, 6.45) is 2.54. The molecule has 7 heteroatoms. The molecule has 0 aromatic heterocycles. The van der Waals surface area contributed by atoms with Gasteiger partial charge in [-0.1, -0.05) is 30.1 Å². The molecule has 0 saturated heterocycles. The summed E-state index contributed by atoms with van der Waals surface area (Å²) in [5, 5.41) is 14.4. The predicted octanol–water partition coefficient (Wildman–Crippen LogP) is 3.80. The minimum atomic E-state index is -0.506. The molecular formula is C13H17Cl2N3O2. The molecule has 0 radical (unpaired) electrons. The summed E-state index contributed by atoms with van der Waals surface area (Å²) in [4.78, 5) is 12.6. The highest BCUT2D eigenvalue weighted by atomic mass is 35.5. The number of non-ortho nitro benzene ring substituents is 1. The number of anilines is 1. The predicted molar refractivity (Wildman–Crippen MR) is 81.9 cm³/mol. The van der Waals surface area contributed by atoms with E-state index in [1.807, 2.05) is 0 Å². The average Bonchev–Trinajstić information content (AvgIpc) is 3.21. The minimum Gasteiger partial charge on any atom is -0.381 e. The molecule has 0 unspecified atom stereocenters. The van der Waals surface area contributed by atoms with Crippen LogP contribution in [0.2, 0.25) is 10.0 Å². The Morgan fingerprint density at radius 3 is 2.45 bits per heavy atom. The molecule has 1 aliphatic carbocycles. The maximum atomic E-state index is 10.7. The molecule has 5 nitrogen and oxygen atoms in total. The van der Waals surface area contributed by atoms with E-state index in [0.29, 0.717) is 18.3 Å². The SMILES string of the molecule is CCN(CCNc1c(Cl)cc([N+](=O)[O-])cc1Cl)C1CC1. The summed E-state index contributed by atoms with van der Waals surface area (Å²) in [5.74, 6) is 0. The number of hydrogen-bond donors (Lipinski definition) is 1. The third-order valence-electron chi connectivity index (χ3n) is 3.41. The van der Waals surface area contributed by atoms with Crippen LogP contribution in [0.25, 0.3) is 0 Å². The first-order valence-corrected chi connectivity index (χ1v) is 7.40. The van der Waals surface area contributed by atoms with Gasteiger partial charge in [0.25, 0.3) is 5.69 Å². The number of nitro groups is 1. The van der Waals surface area contributed by atoms with Crippen molar-refractivity contribution in [3.63, 3.8) is 0 Å². The third kappa shape index (κ3) is 3.75. The van der Waals surface area contributed by atoms with Crippen molar-refractivity contribution in [2.24, 2.45) is 0 Å². The molecule has 0 bridgehead atoms. The molecule has 1 aromatic rings. The van der Waals surface area contributed by atoms with Crippen molar-refractivity contribution >= 4 is 34.6 Å². The zero-order chi connectivity index (χ0) is 14.7. The van der Waals surface area contributed by atoms with Gasteiger partial charge in [0.15, 0.2) is 0 Å². The smallest absolute Gasteiger partial charge is 0.272 e. The van der Waals surface area contributed by atoms with Crippen molar-refractivity contribution in [2.75, 3.05) is 25.0 Å². The Balaban J connectivity index is 1.97. The number of benzene rings is 1. The largest absolute Gasteiger partial charge is 0.381 e. The summed E-state index contributed by atoms with van der Waals surface area (Å²) in [6, 6.07) is 3.34. The van der Waals surface area contributed by atoms with Crippen LogP contribution < -0.4 is 5.32 Å². The number of rotatable bonds is 7. The summed E-state index contributed by atoms with van der Waals surface area (Å²) in [5.41, 5.74) is 0.462. The maximum Gasteiger partial charge on any atom is 0.272 e. The highest BCUT2D eigenvalue weighted by Gasteiger charge is 2.27. The zero-order valence-corrected chi connectivity index (χ0v) is 12.7. The lowest BCUT2D eigenvalue weighted by Crippen LogP contribution is -2.30. The minimum absolute atomic E-state index is 0.0984. The average molecular weight is 318 g/mol. The summed E-state index contributed by atoms with van der Waals surface area (Å²) in [6.45, 7) is 4.78. The molecular weight excluding hydrogens is 301 g/mol. The van der Waals surface area contributed by atoms with Gasteiger partial charge in [0, 0.05) is 31.3 Å². The monoisotopic (exact) mass is 317 g/mol. The number of hydrogen-bond acceptors (Lipinski definition) is 4. The molecule has 0 amide bonds. The third-order valence-corrected chi connectivity index (χ3v) is 4.00. The molecule has 0 heterocycles. The number of halogens is 2. The van der Waals surface area contributed by atoms with Crippen molar-refractivity contribution in [1.29, 1.82) is 0 Å². The van der Waals surface area contributed by atoms with E-state index < -0.39 is 4.92 Å². The Morgan fingerprint density at radius 1 is 1.40 bits per heavy atom. The van der Waals surface area contributed by atoms with E-state index in [1.54, 1.807) is 0 Å². The van der Waals surface area contributed by atoms with Crippen LogP contribution in [-0.2, 0) is 0 Å². The standard InChI is InChI=1S/C13H17Cl2N3O2/c1-2-17(9-3-4-9)6-5-16-13-11(14)7-10(18(19)20)8-12(13)15/h7-9,16H,2-6H2,1H3. The number of likely N-dealkylation sites (N-methyl/N-ethyl adjacent to an activating group) is 1. The Bertz CT molecular complexity index is 483. The molecule has 2 rings (SSSR count). The van der Waals surface area contributed by atoms with Crippen LogP contribution in [0.15, 0.2) is 12.1 Å². The van der Waals surface area contributed by atoms with Crippen molar-refractivity contribution in [2.45, 2.75) is 25.8 Å². The Kier molecular flexibility index (Phi) is 5.07. The van der Waals surface area contributed by atoms with Crippen LogP contribution >= 0.6 is 23.2 Å². The summed E-state index contributed by atoms with van der Waals surface area (Å²) < 4.78 is 0. The fourth-order valence-corrected chi connectivity index (χ4v) is 2.81. The van der Waals surface area contributed by atoms with Gasteiger partial charge in [-0.05, 0) is 19.4 Å². The zero-order valence-electron chi connectivity index (χ0n) is 11.2. The van der Waals surface area contributed by atoms with Crippen molar-refractivity contribution in [3.05, 3.63) is 32.3 Å². The van der Waals surface area contributed by atoms with Gasteiger partial charge in [0.05, 0.1) is 20.7 Å². The lowest BCUT2D eigenvalue weighted by Gasteiger charge is -2.20. The van der Waals surface area contributed by atoms with Gasteiger partial charge in [-0.15, -0.1) is 0 Å². The normalized spacial score (nSPS) is 14.6. The molecule has 1 fully saturated rings. The second kappa shape index (κ2) is 6.61. The van der Waals surface area contributed by atoms with Crippen LogP contribution in [0.4, 0.5) is 11.4 Å². The van der Waals surface area contributed by atoms with E-state index >= 15 is 0 Å². The van der Waals surface area contributed by atoms with Crippen LogP contribution in [0.5, 0.6) is 0 Å². The number of nitro benzene ring substituents is 1. The Morgan fingerprint density at radius 2 is 2.00 bits per heavy atom. The molecule has 0 atom stereocenters. The summed E-state index contributed by atoms with van der Waals surface area (Å²) >= 11 is 12.1. The molecule has 0 spiro atoms. The topological polar surface area (TPSA) is 58.4 Å².